The van der Waals surface area contributed by atoms with Crippen molar-refractivity contribution < 1.29 is 14.3 Å². The van der Waals surface area contributed by atoms with Crippen LogP contribution >= 0.6 is 24.0 Å². The molecule has 1 amide bonds. The van der Waals surface area contributed by atoms with Crippen LogP contribution in [0.4, 0.5) is 4.79 Å². The van der Waals surface area contributed by atoms with Crippen LogP contribution in [0.3, 0.4) is 0 Å². The highest BCUT2D eigenvalue weighted by Crippen LogP contribution is 2.32. The van der Waals surface area contributed by atoms with Crippen LogP contribution in [0.15, 0.2) is 29.3 Å². The third-order valence-corrected chi connectivity index (χ3v) is 5.59. The zero-order chi connectivity index (χ0) is 20.5. The zero-order valence-electron chi connectivity index (χ0n) is 17.8. The number of rotatable bonds is 7. The standard InChI is InChI=1S/C22H34N4O3.HI/c1-2-28-22(27)26-14-11-18(12-15-26)25-21(23)24-13-6-16-29-20-10-5-8-17-7-3-4-9-19(17)20;/h3-4,7,9,18,20H,2,5-6,8,10-16H2,1H3,(H3,23,24,25);1H. The third kappa shape index (κ3) is 7.30. The molecular weight excluding hydrogens is 495 g/mol. The van der Waals surface area contributed by atoms with Gasteiger partial charge in [-0.3, -0.25) is 4.99 Å². The summed E-state index contributed by atoms with van der Waals surface area (Å²) in [6.45, 7) is 4.93. The number of carbonyl (C=O) groups is 1. The van der Waals surface area contributed by atoms with Crippen LogP contribution in [0.5, 0.6) is 0 Å². The Morgan fingerprint density at radius 2 is 2.03 bits per heavy atom. The van der Waals surface area contributed by atoms with E-state index in [1.165, 1.54) is 17.5 Å². The lowest BCUT2D eigenvalue weighted by Gasteiger charge is -2.31. The number of nitrogens with zero attached hydrogens (tertiary/aromatic N) is 2. The molecule has 8 heteroatoms. The van der Waals surface area contributed by atoms with E-state index < -0.39 is 0 Å². The summed E-state index contributed by atoms with van der Waals surface area (Å²) in [4.78, 5) is 17.9. The van der Waals surface area contributed by atoms with Gasteiger partial charge < -0.3 is 25.4 Å². The highest BCUT2D eigenvalue weighted by Gasteiger charge is 2.23. The molecule has 0 bridgehead atoms. The number of fused-ring (bicyclic) bond motifs is 1. The maximum absolute atomic E-state index is 11.7. The van der Waals surface area contributed by atoms with Crippen LogP contribution in [0.1, 0.15) is 56.3 Å². The number of nitrogens with two attached hydrogens (primary N) is 1. The number of guanidine groups is 1. The van der Waals surface area contributed by atoms with E-state index >= 15 is 0 Å². The third-order valence-electron chi connectivity index (χ3n) is 5.59. The minimum absolute atomic E-state index is 0. The maximum atomic E-state index is 11.7. The number of carbonyl (C=O) groups excluding carboxylic acids is 1. The van der Waals surface area contributed by atoms with Gasteiger partial charge in [-0.1, -0.05) is 24.3 Å². The van der Waals surface area contributed by atoms with Crippen LogP contribution < -0.4 is 11.1 Å². The van der Waals surface area contributed by atoms with Gasteiger partial charge in [0.15, 0.2) is 5.96 Å². The Balaban J connectivity index is 0.00000320. The molecule has 1 aliphatic carbocycles. The fraction of sp³-hybridized carbons (Fsp3) is 0.636. The summed E-state index contributed by atoms with van der Waals surface area (Å²) in [5.74, 6) is 0.475. The molecule has 0 radical (unpaired) electrons. The number of ether oxygens (including phenoxy) is 2. The van der Waals surface area contributed by atoms with Crippen molar-refractivity contribution in [3.63, 3.8) is 0 Å². The van der Waals surface area contributed by atoms with E-state index in [2.05, 4.69) is 34.6 Å². The summed E-state index contributed by atoms with van der Waals surface area (Å²) in [5, 5.41) is 3.27. The number of hydrogen-bond donors (Lipinski definition) is 2. The van der Waals surface area contributed by atoms with Gasteiger partial charge in [-0.25, -0.2) is 4.79 Å². The lowest BCUT2D eigenvalue weighted by atomic mass is 9.89. The van der Waals surface area contributed by atoms with Gasteiger partial charge in [-0.05, 0) is 56.6 Å². The number of piperidine rings is 1. The van der Waals surface area contributed by atoms with Gasteiger partial charge in [0.05, 0.1) is 12.7 Å². The topological polar surface area (TPSA) is 89.2 Å². The van der Waals surface area contributed by atoms with Crippen molar-refractivity contribution in [3.05, 3.63) is 35.4 Å². The molecular formula is C22H35IN4O3. The molecule has 1 aromatic carbocycles. The fourth-order valence-corrected chi connectivity index (χ4v) is 4.05. The number of aliphatic imine (C=N–C) groups is 1. The van der Waals surface area contributed by atoms with Gasteiger partial charge in [0, 0.05) is 32.3 Å². The van der Waals surface area contributed by atoms with E-state index in [-0.39, 0.29) is 42.2 Å². The van der Waals surface area contributed by atoms with Crippen molar-refractivity contribution in [1.29, 1.82) is 0 Å². The number of hydrogen-bond acceptors (Lipinski definition) is 4. The number of nitrogens with one attached hydrogen (secondary N) is 1. The van der Waals surface area contributed by atoms with Gasteiger partial charge in [0.25, 0.3) is 0 Å². The average Bonchev–Trinajstić information content (AvgIpc) is 2.74. The van der Waals surface area contributed by atoms with Crippen molar-refractivity contribution in [2.24, 2.45) is 10.7 Å². The first kappa shape index (κ1) is 24.7. The first-order chi connectivity index (χ1) is 14.2. The predicted molar refractivity (Wildman–Crippen MR) is 129 cm³/mol. The molecule has 0 aromatic heterocycles. The second-order valence-corrected chi connectivity index (χ2v) is 7.68. The minimum Gasteiger partial charge on any atom is -0.450 e. The Morgan fingerprint density at radius 3 is 2.80 bits per heavy atom. The summed E-state index contributed by atoms with van der Waals surface area (Å²) < 4.78 is 11.2. The Kier molecular flexibility index (Phi) is 10.7. The van der Waals surface area contributed by atoms with E-state index in [9.17, 15) is 4.79 Å². The molecule has 1 heterocycles. The molecule has 1 fully saturated rings. The number of amides is 1. The van der Waals surface area contributed by atoms with E-state index in [4.69, 9.17) is 15.2 Å². The average molecular weight is 530 g/mol. The summed E-state index contributed by atoms with van der Waals surface area (Å²) >= 11 is 0. The lowest BCUT2D eigenvalue weighted by molar-refractivity contribution is 0.0403. The molecule has 0 spiro atoms. The number of halogens is 1. The van der Waals surface area contributed by atoms with Crippen LogP contribution in [0, 0.1) is 0 Å². The minimum atomic E-state index is -0.229. The van der Waals surface area contributed by atoms with Gasteiger partial charge in [0.1, 0.15) is 0 Å². The highest BCUT2D eigenvalue weighted by molar-refractivity contribution is 14.0. The molecule has 2 aliphatic rings. The molecule has 3 N–H and O–H groups in total. The first-order valence-corrected chi connectivity index (χ1v) is 10.8. The SMILES string of the molecule is CCOC(=O)N1CCC(NC(N)=NCCCOC2CCCc3ccccc32)CC1.I. The molecule has 7 nitrogen and oxygen atoms in total. The Hall–Kier alpha value is -1.55. The fourth-order valence-electron chi connectivity index (χ4n) is 4.05. The monoisotopic (exact) mass is 530 g/mol. The maximum Gasteiger partial charge on any atom is 0.409 e. The number of benzene rings is 1. The van der Waals surface area contributed by atoms with E-state index in [0.29, 0.717) is 38.8 Å². The summed E-state index contributed by atoms with van der Waals surface area (Å²) in [6.07, 6.45) is 5.96. The summed E-state index contributed by atoms with van der Waals surface area (Å²) in [7, 11) is 0. The smallest absolute Gasteiger partial charge is 0.409 e. The molecule has 1 aromatic rings. The second kappa shape index (κ2) is 13.0. The van der Waals surface area contributed by atoms with E-state index in [0.717, 1.165) is 32.1 Å². The summed E-state index contributed by atoms with van der Waals surface area (Å²) in [5.41, 5.74) is 8.79. The Labute approximate surface area is 196 Å². The van der Waals surface area contributed by atoms with E-state index in [1.54, 1.807) is 4.90 Å². The van der Waals surface area contributed by atoms with Crippen molar-refractivity contribution in [2.75, 3.05) is 32.8 Å². The number of aryl methyl sites for hydroxylation is 1. The van der Waals surface area contributed by atoms with Crippen molar-refractivity contribution >= 4 is 36.0 Å². The van der Waals surface area contributed by atoms with Crippen molar-refractivity contribution in [1.82, 2.24) is 10.2 Å². The lowest BCUT2D eigenvalue weighted by Crippen LogP contribution is -2.48. The van der Waals surface area contributed by atoms with Gasteiger partial charge in [-0.15, -0.1) is 24.0 Å². The largest absolute Gasteiger partial charge is 0.450 e. The van der Waals surface area contributed by atoms with Crippen molar-refractivity contribution in [2.45, 2.75) is 57.6 Å². The van der Waals surface area contributed by atoms with Crippen LogP contribution in [-0.2, 0) is 15.9 Å². The molecule has 30 heavy (non-hydrogen) atoms. The molecule has 1 atom stereocenters. The summed E-state index contributed by atoms with van der Waals surface area (Å²) in [6, 6.07) is 8.84. The molecule has 1 saturated heterocycles. The Bertz CT molecular complexity index is 693. The molecule has 1 aliphatic heterocycles. The normalized spacial score (nSPS) is 19.6. The second-order valence-electron chi connectivity index (χ2n) is 7.68. The molecule has 1 unspecified atom stereocenters. The van der Waals surface area contributed by atoms with Crippen LogP contribution in [0.25, 0.3) is 0 Å². The first-order valence-electron chi connectivity index (χ1n) is 10.8. The van der Waals surface area contributed by atoms with Crippen LogP contribution in [-0.4, -0.2) is 55.8 Å². The van der Waals surface area contributed by atoms with Gasteiger partial charge in [-0.2, -0.15) is 0 Å². The van der Waals surface area contributed by atoms with Crippen molar-refractivity contribution in [3.8, 4) is 0 Å². The zero-order valence-corrected chi connectivity index (χ0v) is 20.2. The molecule has 168 valence electrons. The van der Waals surface area contributed by atoms with Gasteiger partial charge >= 0.3 is 6.09 Å². The molecule has 3 rings (SSSR count). The molecule has 0 saturated carbocycles. The quantitative estimate of drug-likeness (QED) is 0.243. The Morgan fingerprint density at radius 1 is 1.27 bits per heavy atom. The van der Waals surface area contributed by atoms with Crippen LogP contribution in [0.2, 0.25) is 0 Å². The van der Waals surface area contributed by atoms with Gasteiger partial charge in [0.2, 0.25) is 0 Å². The number of likely N-dealkylation sites (tertiary alicyclic amines) is 1. The predicted octanol–water partition coefficient (Wildman–Crippen LogP) is 3.61. The highest BCUT2D eigenvalue weighted by atomic mass is 127. The van der Waals surface area contributed by atoms with E-state index in [1.807, 2.05) is 6.92 Å².